The zero-order valence-corrected chi connectivity index (χ0v) is 10.5. The van der Waals surface area contributed by atoms with Gasteiger partial charge in [0, 0.05) is 6.04 Å². The highest BCUT2D eigenvalue weighted by molar-refractivity contribution is 7.89. The number of hydrogen-bond donors (Lipinski definition) is 1. The molecular formula is C11H17NO3S. The Balaban J connectivity index is 2.84. The molecule has 4 nitrogen and oxygen atoms in total. The highest BCUT2D eigenvalue weighted by Gasteiger charge is 2.13. The van der Waals surface area contributed by atoms with Crippen molar-refractivity contribution < 1.29 is 13.2 Å². The maximum absolute atomic E-state index is 11.4. The van der Waals surface area contributed by atoms with Gasteiger partial charge >= 0.3 is 0 Å². The SMILES string of the molecule is CCS(=O)(=O)N[C@H](C)c1cccc(OC)c1. The molecule has 1 aromatic rings. The second-order valence-electron chi connectivity index (χ2n) is 3.52. The third kappa shape index (κ3) is 3.50. The van der Waals surface area contributed by atoms with Gasteiger partial charge in [-0.1, -0.05) is 12.1 Å². The second-order valence-corrected chi connectivity index (χ2v) is 5.56. The molecule has 0 saturated carbocycles. The summed E-state index contributed by atoms with van der Waals surface area (Å²) in [7, 11) is -1.59. The summed E-state index contributed by atoms with van der Waals surface area (Å²) >= 11 is 0. The Hall–Kier alpha value is -1.07. The maximum Gasteiger partial charge on any atom is 0.211 e. The minimum Gasteiger partial charge on any atom is -0.497 e. The first-order valence-corrected chi connectivity index (χ1v) is 6.77. The van der Waals surface area contributed by atoms with E-state index < -0.39 is 10.0 Å². The largest absolute Gasteiger partial charge is 0.497 e. The van der Waals surface area contributed by atoms with Crippen molar-refractivity contribution in [3.8, 4) is 5.75 Å². The van der Waals surface area contributed by atoms with Gasteiger partial charge in [-0.25, -0.2) is 13.1 Å². The monoisotopic (exact) mass is 243 g/mol. The summed E-state index contributed by atoms with van der Waals surface area (Å²) in [5, 5.41) is 0. The number of rotatable bonds is 5. The van der Waals surface area contributed by atoms with Gasteiger partial charge < -0.3 is 4.74 Å². The van der Waals surface area contributed by atoms with Crippen molar-refractivity contribution in [2.45, 2.75) is 19.9 Å². The highest BCUT2D eigenvalue weighted by atomic mass is 32.2. The van der Waals surface area contributed by atoms with Crippen LogP contribution < -0.4 is 9.46 Å². The fourth-order valence-electron chi connectivity index (χ4n) is 1.33. The normalized spacial score (nSPS) is 13.4. The van der Waals surface area contributed by atoms with Crippen LogP contribution in [0.2, 0.25) is 0 Å². The number of ether oxygens (including phenoxy) is 1. The van der Waals surface area contributed by atoms with Crippen molar-refractivity contribution >= 4 is 10.0 Å². The van der Waals surface area contributed by atoms with Crippen LogP contribution in [0.4, 0.5) is 0 Å². The van der Waals surface area contributed by atoms with Crippen LogP contribution in [0.3, 0.4) is 0 Å². The molecule has 0 aliphatic heterocycles. The van der Waals surface area contributed by atoms with Crippen molar-refractivity contribution in [2.75, 3.05) is 12.9 Å². The molecule has 1 rings (SSSR count). The molecule has 1 atom stereocenters. The summed E-state index contributed by atoms with van der Waals surface area (Å²) in [6.45, 7) is 3.42. The van der Waals surface area contributed by atoms with E-state index in [2.05, 4.69) is 4.72 Å². The number of sulfonamides is 1. The van der Waals surface area contributed by atoms with E-state index in [1.807, 2.05) is 31.2 Å². The van der Waals surface area contributed by atoms with Crippen molar-refractivity contribution in [3.63, 3.8) is 0 Å². The van der Waals surface area contributed by atoms with Crippen molar-refractivity contribution in [2.24, 2.45) is 0 Å². The van der Waals surface area contributed by atoms with Crippen molar-refractivity contribution in [1.29, 1.82) is 0 Å². The lowest BCUT2D eigenvalue weighted by Gasteiger charge is -2.14. The number of methoxy groups -OCH3 is 1. The second kappa shape index (κ2) is 5.32. The van der Waals surface area contributed by atoms with Gasteiger partial charge in [0.05, 0.1) is 12.9 Å². The lowest BCUT2D eigenvalue weighted by atomic mass is 10.1. The van der Waals surface area contributed by atoms with Crippen molar-refractivity contribution in [1.82, 2.24) is 4.72 Å². The van der Waals surface area contributed by atoms with Gasteiger partial charge in [0.25, 0.3) is 0 Å². The Morgan fingerprint density at radius 3 is 2.69 bits per heavy atom. The van der Waals surface area contributed by atoms with E-state index in [1.54, 1.807) is 14.0 Å². The zero-order valence-electron chi connectivity index (χ0n) is 9.73. The van der Waals surface area contributed by atoms with Crippen LogP contribution in [0.25, 0.3) is 0 Å². The molecule has 0 bridgehead atoms. The average Bonchev–Trinajstić information content (AvgIpc) is 2.28. The minimum absolute atomic E-state index is 0.0846. The van der Waals surface area contributed by atoms with Gasteiger partial charge in [0.1, 0.15) is 5.75 Å². The Morgan fingerprint density at radius 1 is 1.44 bits per heavy atom. The fraction of sp³-hybridized carbons (Fsp3) is 0.455. The molecule has 0 heterocycles. The van der Waals surface area contributed by atoms with Crippen LogP contribution in [0.15, 0.2) is 24.3 Å². The van der Waals surface area contributed by atoms with E-state index in [4.69, 9.17) is 4.74 Å². The Morgan fingerprint density at radius 2 is 2.12 bits per heavy atom. The molecule has 0 aromatic heterocycles. The van der Waals surface area contributed by atoms with Crippen LogP contribution in [0.1, 0.15) is 25.5 Å². The van der Waals surface area contributed by atoms with Crippen LogP contribution in [-0.2, 0) is 10.0 Å². The van der Waals surface area contributed by atoms with E-state index in [-0.39, 0.29) is 11.8 Å². The molecule has 0 fully saturated rings. The van der Waals surface area contributed by atoms with E-state index in [1.165, 1.54) is 0 Å². The predicted octanol–water partition coefficient (Wildman–Crippen LogP) is 1.70. The quantitative estimate of drug-likeness (QED) is 0.856. The molecule has 1 aromatic carbocycles. The summed E-state index contributed by atoms with van der Waals surface area (Å²) in [6, 6.07) is 7.10. The molecule has 90 valence electrons. The molecule has 1 N–H and O–H groups in total. The summed E-state index contributed by atoms with van der Waals surface area (Å²) in [5.74, 6) is 0.807. The molecule has 16 heavy (non-hydrogen) atoms. The molecule has 0 saturated heterocycles. The molecule has 0 aliphatic carbocycles. The van der Waals surface area contributed by atoms with E-state index >= 15 is 0 Å². The van der Waals surface area contributed by atoms with E-state index in [0.717, 1.165) is 11.3 Å². The van der Waals surface area contributed by atoms with Gasteiger partial charge in [-0.05, 0) is 31.5 Å². The highest BCUT2D eigenvalue weighted by Crippen LogP contribution is 2.19. The Bertz CT molecular complexity index is 442. The van der Waals surface area contributed by atoms with Crippen LogP contribution >= 0.6 is 0 Å². The van der Waals surface area contributed by atoms with Gasteiger partial charge in [-0.2, -0.15) is 0 Å². The summed E-state index contributed by atoms with van der Waals surface area (Å²) in [4.78, 5) is 0. The smallest absolute Gasteiger partial charge is 0.211 e. The standard InChI is InChI=1S/C11H17NO3S/c1-4-16(13,14)12-9(2)10-6-5-7-11(8-10)15-3/h5-9,12H,4H2,1-3H3/t9-/m1/s1. The zero-order chi connectivity index (χ0) is 12.2. The fourth-order valence-corrected chi connectivity index (χ4v) is 2.17. The van der Waals surface area contributed by atoms with Crippen LogP contribution in [0.5, 0.6) is 5.75 Å². The third-order valence-electron chi connectivity index (χ3n) is 2.33. The Kier molecular flexibility index (Phi) is 4.32. The van der Waals surface area contributed by atoms with E-state index in [9.17, 15) is 8.42 Å². The topological polar surface area (TPSA) is 55.4 Å². The molecule has 0 unspecified atom stereocenters. The first-order valence-electron chi connectivity index (χ1n) is 5.12. The first kappa shape index (κ1) is 13.0. The lowest BCUT2D eigenvalue weighted by molar-refractivity contribution is 0.413. The predicted molar refractivity (Wildman–Crippen MR) is 64.0 cm³/mol. The number of nitrogens with one attached hydrogen (secondary N) is 1. The Labute approximate surface area is 96.7 Å². The molecular weight excluding hydrogens is 226 g/mol. The third-order valence-corrected chi connectivity index (χ3v) is 3.80. The summed E-state index contributed by atoms with van der Waals surface area (Å²) in [5.41, 5.74) is 0.886. The van der Waals surface area contributed by atoms with Gasteiger partial charge in [0.2, 0.25) is 10.0 Å². The van der Waals surface area contributed by atoms with Gasteiger partial charge in [-0.15, -0.1) is 0 Å². The van der Waals surface area contributed by atoms with Crippen LogP contribution in [-0.4, -0.2) is 21.3 Å². The molecule has 0 amide bonds. The molecule has 5 heteroatoms. The van der Waals surface area contributed by atoms with E-state index in [0.29, 0.717) is 0 Å². The number of benzene rings is 1. The van der Waals surface area contributed by atoms with Gasteiger partial charge in [0.15, 0.2) is 0 Å². The average molecular weight is 243 g/mol. The summed E-state index contributed by atoms with van der Waals surface area (Å²) in [6.07, 6.45) is 0. The summed E-state index contributed by atoms with van der Waals surface area (Å²) < 4.78 is 30.5. The maximum atomic E-state index is 11.4. The number of hydrogen-bond acceptors (Lipinski definition) is 3. The molecule has 0 spiro atoms. The van der Waals surface area contributed by atoms with Crippen LogP contribution in [0, 0.1) is 0 Å². The lowest BCUT2D eigenvalue weighted by Crippen LogP contribution is -2.28. The minimum atomic E-state index is -3.18. The molecule has 0 radical (unpaired) electrons. The first-order chi connectivity index (χ1) is 7.48. The van der Waals surface area contributed by atoms with Crippen molar-refractivity contribution in [3.05, 3.63) is 29.8 Å². The molecule has 0 aliphatic rings. The van der Waals surface area contributed by atoms with Gasteiger partial charge in [-0.3, -0.25) is 0 Å².